The van der Waals surface area contributed by atoms with E-state index >= 15 is 0 Å². The Kier molecular flexibility index (Phi) is 6.81. The molecule has 23 heavy (non-hydrogen) atoms. The first kappa shape index (κ1) is 20.1. The Hall–Kier alpha value is -0.910. The number of unbranched alkanes of at least 4 members (excludes halogenated alkanes) is 1. The lowest BCUT2D eigenvalue weighted by Crippen LogP contribution is -2.51. The van der Waals surface area contributed by atoms with Gasteiger partial charge < -0.3 is 14.2 Å². The van der Waals surface area contributed by atoms with Crippen LogP contribution in [0.4, 0.5) is 13.2 Å². The van der Waals surface area contributed by atoms with Crippen molar-refractivity contribution >= 4 is 16.1 Å². The summed E-state index contributed by atoms with van der Waals surface area (Å²) in [6.07, 6.45) is -4.69. The number of epoxide rings is 1. The van der Waals surface area contributed by atoms with E-state index < -0.39 is 33.6 Å². The first-order valence-corrected chi connectivity index (χ1v) is 8.47. The van der Waals surface area contributed by atoms with Crippen molar-refractivity contribution in [3.05, 3.63) is 0 Å². The van der Waals surface area contributed by atoms with E-state index in [2.05, 4.69) is 4.74 Å². The molecule has 1 heterocycles. The van der Waals surface area contributed by atoms with Crippen LogP contribution in [0.15, 0.2) is 0 Å². The zero-order chi connectivity index (χ0) is 17.7. The van der Waals surface area contributed by atoms with E-state index in [1.807, 2.05) is 0 Å². The molecule has 0 aromatic heterocycles. The SMILES string of the molecule is CC(CS(=O)(=O)O)(OC(=O)CCCCOCC1CO1)C(F)(F)F. The molecule has 1 fully saturated rings. The Morgan fingerprint density at radius 1 is 1.35 bits per heavy atom. The maximum Gasteiger partial charge on any atom is 0.429 e. The lowest BCUT2D eigenvalue weighted by atomic mass is 10.1. The first-order valence-electron chi connectivity index (χ1n) is 6.86. The first-order chi connectivity index (χ1) is 10.4. The molecule has 136 valence electrons. The maximum absolute atomic E-state index is 12.9. The van der Waals surface area contributed by atoms with Gasteiger partial charge in [-0.3, -0.25) is 9.35 Å². The van der Waals surface area contributed by atoms with Crippen LogP contribution < -0.4 is 0 Å². The van der Waals surface area contributed by atoms with Crippen molar-refractivity contribution in [3.8, 4) is 0 Å². The summed E-state index contributed by atoms with van der Waals surface area (Å²) in [7, 11) is -4.97. The van der Waals surface area contributed by atoms with E-state index in [0.717, 1.165) is 0 Å². The van der Waals surface area contributed by atoms with Gasteiger partial charge in [-0.05, 0) is 19.8 Å². The van der Waals surface area contributed by atoms with Gasteiger partial charge in [0.1, 0.15) is 11.9 Å². The number of hydrogen-bond acceptors (Lipinski definition) is 6. The van der Waals surface area contributed by atoms with Crippen LogP contribution in [0.25, 0.3) is 0 Å². The predicted octanol–water partition coefficient (Wildman–Crippen LogP) is 1.32. The summed E-state index contributed by atoms with van der Waals surface area (Å²) >= 11 is 0. The molecule has 1 aliphatic rings. The minimum Gasteiger partial charge on any atom is -0.448 e. The van der Waals surface area contributed by atoms with Gasteiger partial charge in [0, 0.05) is 13.0 Å². The van der Waals surface area contributed by atoms with Crippen LogP contribution in [-0.2, 0) is 29.1 Å². The molecule has 1 N–H and O–H groups in total. The van der Waals surface area contributed by atoms with Crippen molar-refractivity contribution < 1.29 is 45.1 Å². The zero-order valence-electron chi connectivity index (χ0n) is 12.5. The van der Waals surface area contributed by atoms with Crippen molar-refractivity contribution in [2.45, 2.75) is 44.1 Å². The zero-order valence-corrected chi connectivity index (χ0v) is 13.3. The molecule has 0 radical (unpaired) electrons. The van der Waals surface area contributed by atoms with Gasteiger partial charge in [0.15, 0.2) is 0 Å². The topological polar surface area (TPSA) is 102 Å². The fourth-order valence-electron chi connectivity index (χ4n) is 1.67. The summed E-state index contributed by atoms with van der Waals surface area (Å²) < 4.78 is 83.0. The molecule has 0 aromatic rings. The van der Waals surface area contributed by atoms with E-state index in [1.165, 1.54) is 0 Å². The number of halogens is 3. The number of carbonyl (C=O) groups is 1. The smallest absolute Gasteiger partial charge is 0.429 e. The van der Waals surface area contributed by atoms with Gasteiger partial charge in [-0.25, -0.2) is 0 Å². The molecule has 0 amide bonds. The molecule has 2 atom stereocenters. The molecule has 1 saturated heterocycles. The third-order valence-electron chi connectivity index (χ3n) is 3.02. The number of hydrogen-bond donors (Lipinski definition) is 1. The molecule has 0 bridgehead atoms. The van der Waals surface area contributed by atoms with Crippen LogP contribution in [0.1, 0.15) is 26.2 Å². The molecule has 0 saturated carbocycles. The van der Waals surface area contributed by atoms with Crippen molar-refractivity contribution in [2.75, 3.05) is 25.6 Å². The largest absolute Gasteiger partial charge is 0.448 e. The second-order valence-electron chi connectivity index (χ2n) is 5.42. The Bertz CT molecular complexity index is 501. The highest BCUT2D eigenvalue weighted by Crippen LogP contribution is 2.35. The Balaban J connectivity index is 2.37. The van der Waals surface area contributed by atoms with Crippen molar-refractivity contribution in [1.82, 2.24) is 0 Å². The molecule has 2 unspecified atom stereocenters. The van der Waals surface area contributed by atoms with Gasteiger partial charge in [0.05, 0.1) is 13.2 Å². The second kappa shape index (κ2) is 7.77. The summed E-state index contributed by atoms with van der Waals surface area (Å²) in [6.45, 7) is 1.81. The van der Waals surface area contributed by atoms with Crippen LogP contribution in [-0.4, -0.2) is 62.4 Å². The number of ether oxygens (including phenoxy) is 3. The predicted molar refractivity (Wildman–Crippen MR) is 71.4 cm³/mol. The summed E-state index contributed by atoms with van der Waals surface area (Å²) in [6, 6.07) is 0. The van der Waals surface area contributed by atoms with Gasteiger partial charge in [-0.15, -0.1) is 0 Å². The van der Waals surface area contributed by atoms with Gasteiger partial charge in [0.2, 0.25) is 5.60 Å². The lowest BCUT2D eigenvalue weighted by Gasteiger charge is -2.30. The third-order valence-corrected chi connectivity index (χ3v) is 3.94. The molecule has 0 aromatic carbocycles. The summed E-state index contributed by atoms with van der Waals surface area (Å²) in [5.41, 5.74) is -3.29. The van der Waals surface area contributed by atoms with Crippen LogP contribution >= 0.6 is 0 Å². The van der Waals surface area contributed by atoms with Gasteiger partial charge in [0.25, 0.3) is 10.1 Å². The average molecular weight is 364 g/mol. The van der Waals surface area contributed by atoms with E-state index in [4.69, 9.17) is 14.0 Å². The van der Waals surface area contributed by atoms with Crippen molar-refractivity contribution in [3.63, 3.8) is 0 Å². The highest BCUT2D eigenvalue weighted by molar-refractivity contribution is 7.85. The van der Waals surface area contributed by atoms with Crippen LogP contribution in [0.3, 0.4) is 0 Å². The molecule has 1 aliphatic heterocycles. The van der Waals surface area contributed by atoms with E-state index in [1.54, 1.807) is 0 Å². The normalized spacial score (nSPS) is 20.8. The van der Waals surface area contributed by atoms with Gasteiger partial charge in [-0.1, -0.05) is 0 Å². The Morgan fingerprint density at radius 2 is 1.96 bits per heavy atom. The quantitative estimate of drug-likeness (QED) is 0.270. The second-order valence-corrected chi connectivity index (χ2v) is 6.87. The molecular formula is C12H19F3O7S. The number of esters is 1. The van der Waals surface area contributed by atoms with Crippen LogP contribution in [0, 0.1) is 0 Å². The van der Waals surface area contributed by atoms with Crippen molar-refractivity contribution in [1.29, 1.82) is 0 Å². The summed E-state index contributed by atoms with van der Waals surface area (Å²) in [4.78, 5) is 11.5. The van der Waals surface area contributed by atoms with Gasteiger partial charge in [-0.2, -0.15) is 21.6 Å². The number of carbonyl (C=O) groups excluding carboxylic acids is 1. The summed E-state index contributed by atoms with van der Waals surface area (Å²) in [5.74, 6) is -2.95. The monoisotopic (exact) mass is 364 g/mol. The molecule has 0 aliphatic carbocycles. The number of alkyl halides is 3. The molecule has 1 rings (SSSR count). The molecular weight excluding hydrogens is 345 g/mol. The minimum atomic E-state index is -5.13. The Labute approximate surface area is 131 Å². The van der Waals surface area contributed by atoms with Gasteiger partial charge >= 0.3 is 12.1 Å². The highest BCUT2D eigenvalue weighted by atomic mass is 32.2. The van der Waals surface area contributed by atoms with Crippen LogP contribution in [0.2, 0.25) is 0 Å². The number of rotatable bonds is 10. The lowest BCUT2D eigenvalue weighted by molar-refractivity contribution is -0.256. The average Bonchev–Trinajstić information content (AvgIpc) is 3.13. The van der Waals surface area contributed by atoms with Crippen molar-refractivity contribution in [2.24, 2.45) is 0 Å². The minimum absolute atomic E-state index is 0.105. The molecule has 0 spiro atoms. The fraction of sp³-hybridized carbons (Fsp3) is 0.917. The Morgan fingerprint density at radius 3 is 2.43 bits per heavy atom. The van der Waals surface area contributed by atoms with E-state index in [9.17, 15) is 26.4 Å². The van der Waals surface area contributed by atoms with Crippen LogP contribution in [0.5, 0.6) is 0 Å². The van der Waals surface area contributed by atoms with E-state index in [0.29, 0.717) is 33.2 Å². The molecule has 7 nitrogen and oxygen atoms in total. The fourth-order valence-corrected chi connectivity index (χ4v) is 2.59. The maximum atomic E-state index is 12.9. The highest BCUT2D eigenvalue weighted by Gasteiger charge is 2.56. The van der Waals surface area contributed by atoms with E-state index in [-0.39, 0.29) is 18.9 Å². The summed E-state index contributed by atoms with van der Waals surface area (Å²) in [5, 5.41) is 0. The third kappa shape index (κ3) is 7.95. The standard InChI is InChI=1S/C12H19F3O7S/c1-11(12(13,14)15,8-23(17,18)19)22-10(16)4-2-3-5-20-6-9-7-21-9/h9H,2-8H2,1H3,(H,17,18,19). The molecule has 11 heteroatoms.